The number of nitrogens with zero attached hydrogens (tertiary/aromatic N) is 2. The maximum absolute atomic E-state index is 14.1. The lowest BCUT2D eigenvalue weighted by Gasteiger charge is -2.08. The largest absolute Gasteiger partial charge is 0.483 e. The number of nitrogens with two attached hydrogens (primary N) is 1. The van der Waals surface area contributed by atoms with Gasteiger partial charge in [-0.15, -0.1) is 11.3 Å². The summed E-state index contributed by atoms with van der Waals surface area (Å²) in [7, 11) is 0. The van der Waals surface area contributed by atoms with Gasteiger partial charge in [-0.2, -0.15) is 5.26 Å². The summed E-state index contributed by atoms with van der Waals surface area (Å²) in [5.74, 6) is -3.67. The Kier molecular flexibility index (Phi) is 4.91. The van der Waals surface area contributed by atoms with E-state index in [0.29, 0.717) is 16.3 Å². The van der Waals surface area contributed by atoms with Gasteiger partial charge in [-0.3, -0.25) is 4.79 Å². The first-order chi connectivity index (χ1) is 12.5. The second-order valence-electron chi connectivity index (χ2n) is 5.20. The number of aromatic nitrogens is 1. The number of primary amides is 1. The molecule has 130 valence electrons. The van der Waals surface area contributed by atoms with Crippen LogP contribution in [-0.4, -0.2) is 10.9 Å². The highest BCUT2D eigenvalue weighted by Gasteiger charge is 2.19. The molecular formula is C18H11F2N3O2S. The van der Waals surface area contributed by atoms with Crippen molar-refractivity contribution in [2.24, 2.45) is 5.73 Å². The molecule has 0 unspecified atom stereocenters. The molecule has 0 radical (unpaired) electrons. The van der Waals surface area contributed by atoms with E-state index in [4.69, 9.17) is 15.7 Å². The van der Waals surface area contributed by atoms with Gasteiger partial charge in [-0.1, -0.05) is 12.1 Å². The van der Waals surface area contributed by atoms with Gasteiger partial charge in [0.2, 0.25) is 0 Å². The van der Waals surface area contributed by atoms with Crippen molar-refractivity contribution < 1.29 is 18.3 Å². The van der Waals surface area contributed by atoms with E-state index < -0.39 is 23.1 Å². The van der Waals surface area contributed by atoms with E-state index in [1.165, 1.54) is 11.3 Å². The minimum absolute atomic E-state index is 0.0539. The topological polar surface area (TPSA) is 89.0 Å². The smallest absolute Gasteiger partial charge is 0.254 e. The van der Waals surface area contributed by atoms with Gasteiger partial charge in [0.25, 0.3) is 5.91 Å². The predicted octanol–water partition coefficient (Wildman–Crippen LogP) is 3.64. The minimum Gasteiger partial charge on any atom is -0.483 e. The molecule has 0 aliphatic carbocycles. The molecule has 0 spiro atoms. The Morgan fingerprint density at radius 1 is 1.23 bits per heavy atom. The van der Waals surface area contributed by atoms with Crippen LogP contribution >= 0.6 is 11.3 Å². The van der Waals surface area contributed by atoms with E-state index in [2.05, 4.69) is 4.98 Å². The first kappa shape index (κ1) is 17.5. The fourth-order valence-electron chi connectivity index (χ4n) is 2.24. The minimum atomic E-state index is -1.21. The monoisotopic (exact) mass is 371 g/mol. The molecule has 2 aromatic carbocycles. The summed E-state index contributed by atoms with van der Waals surface area (Å²) in [6.07, 6.45) is 0. The number of benzene rings is 2. The van der Waals surface area contributed by atoms with Gasteiger partial charge in [0.05, 0.1) is 17.3 Å². The number of carbonyl (C=O) groups is 1. The molecule has 0 saturated carbocycles. The zero-order valence-corrected chi connectivity index (χ0v) is 14.0. The Hall–Kier alpha value is -3.31. The molecule has 0 saturated heterocycles. The standard InChI is InChI=1S/C18H11F2N3O2S/c19-12-5-6-14(17(20)16(12)18(22)24)25-8-15-23-13(9-26-15)11-3-1-10(7-21)2-4-11/h1-6,9H,8H2,(H2,22,24). The van der Waals surface area contributed by atoms with Crippen molar-refractivity contribution in [3.8, 4) is 23.1 Å². The average Bonchev–Trinajstić information content (AvgIpc) is 3.10. The summed E-state index contributed by atoms with van der Waals surface area (Å²) in [6.45, 7) is -0.0539. The number of hydrogen-bond donors (Lipinski definition) is 1. The molecule has 0 atom stereocenters. The third kappa shape index (κ3) is 3.53. The molecule has 3 aromatic rings. The molecular weight excluding hydrogens is 360 g/mol. The number of thiazole rings is 1. The molecule has 3 rings (SSSR count). The lowest BCUT2D eigenvalue weighted by molar-refractivity contribution is 0.0991. The predicted molar refractivity (Wildman–Crippen MR) is 91.5 cm³/mol. The summed E-state index contributed by atoms with van der Waals surface area (Å²) in [6, 6.07) is 11.0. The summed E-state index contributed by atoms with van der Waals surface area (Å²) >= 11 is 1.30. The van der Waals surface area contributed by atoms with E-state index in [-0.39, 0.29) is 12.4 Å². The van der Waals surface area contributed by atoms with Crippen molar-refractivity contribution in [2.75, 3.05) is 0 Å². The van der Waals surface area contributed by atoms with Crippen LogP contribution < -0.4 is 10.5 Å². The normalized spacial score (nSPS) is 10.3. The molecule has 26 heavy (non-hydrogen) atoms. The second kappa shape index (κ2) is 7.29. The van der Waals surface area contributed by atoms with Crippen molar-refractivity contribution in [3.05, 3.63) is 69.5 Å². The highest BCUT2D eigenvalue weighted by molar-refractivity contribution is 7.09. The number of ether oxygens (including phenoxy) is 1. The lowest BCUT2D eigenvalue weighted by Crippen LogP contribution is -2.16. The fraction of sp³-hybridized carbons (Fsp3) is 0.0556. The summed E-state index contributed by atoms with van der Waals surface area (Å²) in [5, 5.41) is 11.2. The van der Waals surface area contributed by atoms with Gasteiger partial charge in [-0.05, 0) is 24.3 Å². The van der Waals surface area contributed by atoms with E-state index in [0.717, 1.165) is 17.7 Å². The number of amides is 1. The first-order valence-electron chi connectivity index (χ1n) is 7.35. The van der Waals surface area contributed by atoms with Crippen LogP contribution in [0.1, 0.15) is 20.9 Å². The molecule has 0 bridgehead atoms. The highest BCUT2D eigenvalue weighted by Crippen LogP contribution is 2.26. The van der Waals surface area contributed by atoms with Crippen LogP contribution in [0.2, 0.25) is 0 Å². The van der Waals surface area contributed by atoms with Crippen LogP contribution in [0.15, 0.2) is 41.8 Å². The third-order valence-electron chi connectivity index (χ3n) is 3.51. The van der Waals surface area contributed by atoms with Crippen molar-refractivity contribution in [1.82, 2.24) is 4.98 Å². The van der Waals surface area contributed by atoms with Gasteiger partial charge in [0.15, 0.2) is 11.6 Å². The Morgan fingerprint density at radius 2 is 1.96 bits per heavy atom. The van der Waals surface area contributed by atoms with Crippen molar-refractivity contribution in [1.29, 1.82) is 5.26 Å². The maximum Gasteiger partial charge on any atom is 0.254 e. The SMILES string of the molecule is N#Cc1ccc(-c2csc(COc3ccc(F)c(C(N)=O)c3F)n2)cc1. The van der Waals surface area contributed by atoms with E-state index in [1.807, 2.05) is 6.07 Å². The molecule has 2 N–H and O–H groups in total. The van der Waals surface area contributed by atoms with Gasteiger partial charge in [0.1, 0.15) is 23.0 Å². The number of nitriles is 1. The number of hydrogen-bond acceptors (Lipinski definition) is 5. The molecule has 0 fully saturated rings. The van der Waals surface area contributed by atoms with Crippen LogP contribution in [0.3, 0.4) is 0 Å². The highest BCUT2D eigenvalue weighted by atomic mass is 32.1. The van der Waals surface area contributed by atoms with Crippen LogP contribution in [0.4, 0.5) is 8.78 Å². The molecule has 0 aliphatic rings. The van der Waals surface area contributed by atoms with Gasteiger partial charge in [0, 0.05) is 10.9 Å². The summed E-state index contributed by atoms with van der Waals surface area (Å²) in [5.41, 5.74) is 6.21. The first-order valence-corrected chi connectivity index (χ1v) is 8.23. The Balaban J connectivity index is 1.75. The number of halogens is 2. The van der Waals surface area contributed by atoms with Crippen LogP contribution in [0.25, 0.3) is 11.3 Å². The fourth-order valence-corrected chi connectivity index (χ4v) is 2.95. The van der Waals surface area contributed by atoms with E-state index in [1.54, 1.807) is 29.6 Å². The zero-order valence-electron chi connectivity index (χ0n) is 13.2. The quantitative estimate of drug-likeness (QED) is 0.742. The lowest BCUT2D eigenvalue weighted by atomic mass is 10.1. The molecule has 5 nitrogen and oxygen atoms in total. The van der Waals surface area contributed by atoms with Crippen LogP contribution in [0.5, 0.6) is 5.75 Å². The van der Waals surface area contributed by atoms with Crippen molar-refractivity contribution in [3.63, 3.8) is 0 Å². The van der Waals surface area contributed by atoms with Gasteiger partial charge >= 0.3 is 0 Å². The molecule has 1 heterocycles. The van der Waals surface area contributed by atoms with Crippen molar-refractivity contribution in [2.45, 2.75) is 6.61 Å². The zero-order chi connectivity index (χ0) is 18.7. The number of rotatable bonds is 5. The maximum atomic E-state index is 14.1. The molecule has 0 aliphatic heterocycles. The summed E-state index contributed by atoms with van der Waals surface area (Å²) < 4.78 is 32.9. The van der Waals surface area contributed by atoms with Crippen LogP contribution in [0, 0.1) is 23.0 Å². The number of carbonyl (C=O) groups excluding carboxylic acids is 1. The Bertz CT molecular complexity index is 1010. The van der Waals surface area contributed by atoms with Gasteiger partial charge < -0.3 is 10.5 Å². The Labute approximate surface area is 151 Å². The van der Waals surface area contributed by atoms with Crippen molar-refractivity contribution >= 4 is 17.2 Å². The van der Waals surface area contributed by atoms with Gasteiger partial charge in [-0.25, -0.2) is 13.8 Å². The van der Waals surface area contributed by atoms with Crippen LogP contribution in [-0.2, 0) is 6.61 Å². The van der Waals surface area contributed by atoms with E-state index >= 15 is 0 Å². The second-order valence-corrected chi connectivity index (χ2v) is 6.15. The Morgan fingerprint density at radius 3 is 2.62 bits per heavy atom. The van der Waals surface area contributed by atoms with E-state index in [9.17, 15) is 13.6 Å². The average molecular weight is 371 g/mol. The molecule has 1 amide bonds. The summed E-state index contributed by atoms with van der Waals surface area (Å²) in [4.78, 5) is 15.5. The molecule has 8 heteroatoms. The molecule has 1 aromatic heterocycles. The third-order valence-corrected chi connectivity index (χ3v) is 4.34.